The van der Waals surface area contributed by atoms with Crippen LogP contribution in [0.4, 0.5) is 13.2 Å². The highest BCUT2D eigenvalue weighted by Crippen LogP contribution is 2.34. The van der Waals surface area contributed by atoms with E-state index in [1.165, 1.54) is 0 Å². The first kappa shape index (κ1) is 15.5. The summed E-state index contributed by atoms with van der Waals surface area (Å²) >= 11 is 8.07. The van der Waals surface area contributed by atoms with Crippen LogP contribution in [-0.4, -0.2) is 19.5 Å². The molecule has 0 spiro atoms. The Hall–Kier alpha value is -1.42. The van der Waals surface area contributed by atoms with E-state index >= 15 is 0 Å². The van der Waals surface area contributed by atoms with Gasteiger partial charge in [0.05, 0.1) is 10.6 Å². The number of hydrogen-bond donors (Lipinski definition) is 0. The molecule has 0 aliphatic rings. The van der Waals surface area contributed by atoms with Gasteiger partial charge in [-0.3, -0.25) is 4.98 Å². The van der Waals surface area contributed by atoms with Crippen LogP contribution in [0.1, 0.15) is 5.56 Å². The van der Waals surface area contributed by atoms with Gasteiger partial charge in [0.15, 0.2) is 11.5 Å². The normalized spacial score (nSPS) is 12.1. The second-order valence-corrected chi connectivity index (χ2v) is 6.20. The van der Waals surface area contributed by atoms with Gasteiger partial charge in [0, 0.05) is 23.0 Å². The zero-order valence-electron chi connectivity index (χ0n) is 11.0. The van der Waals surface area contributed by atoms with Crippen molar-refractivity contribution >= 4 is 45.4 Å². The number of alkyl halides is 3. The molecule has 114 valence electrons. The van der Waals surface area contributed by atoms with E-state index in [2.05, 4.69) is 37.5 Å². The van der Waals surface area contributed by atoms with E-state index in [-0.39, 0.29) is 10.7 Å². The highest BCUT2D eigenvalue weighted by atomic mass is 127. The third-order valence-corrected chi connectivity index (χ3v) is 3.93. The van der Waals surface area contributed by atoms with E-state index in [4.69, 9.17) is 11.6 Å². The quantitative estimate of drug-likeness (QED) is 0.532. The lowest BCUT2D eigenvalue weighted by molar-refractivity contribution is -0.137. The minimum absolute atomic E-state index is 0.108. The molecule has 22 heavy (non-hydrogen) atoms. The molecule has 3 aromatic rings. The van der Waals surface area contributed by atoms with Gasteiger partial charge in [0.25, 0.3) is 0 Å². The minimum atomic E-state index is -4.49. The second kappa shape index (κ2) is 5.34. The summed E-state index contributed by atoms with van der Waals surface area (Å²) in [5, 5.41) is -0.108. The third-order valence-electron chi connectivity index (χ3n) is 3.06. The van der Waals surface area contributed by atoms with Crippen molar-refractivity contribution < 1.29 is 13.2 Å². The number of hydrogen-bond acceptors (Lipinski definition) is 3. The Morgan fingerprint density at radius 2 is 1.91 bits per heavy atom. The molecular formula is C13H7ClF3IN4. The number of pyridine rings is 2. The molecule has 9 heteroatoms. The van der Waals surface area contributed by atoms with Gasteiger partial charge in [-0.05, 0) is 34.7 Å². The molecule has 3 heterocycles. The van der Waals surface area contributed by atoms with E-state index in [9.17, 15) is 13.2 Å². The van der Waals surface area contributed by atoms with Crippen molar-refractivity contribution in [3.8, 4) is 11.5 Å². The van der Waals surface area contributed by atoms with Gasteiger partial charge in [-0.2, -0.15) is 13.2 Å². The van der Waals surface area contributed by atoms with Crippen molar-refractivity contribution in [2.45, 2.75) is 6.18 Å². The highest BCUT2D eigenvalue weighted by Gasteiger charge is 2.32. The maximum absolute atomic E-state index is 12.7. The number of fused-ring (bicyclic) bond motifs is 1. The van der Waals surface area contributed by atoms with Crippen LogP contribution in [0.25, 0.3) is 22.7 Å². The van der Waals surface area contributed by atoms with E-state index in [0.717, 1.165) is 15.8 Å². The van der Waals surface area contributed by atoms with Crippen molar-refractivity contribution in [1.82, 2.24) is 19.5 Å². The fraction of sp³-hybridized carbons (Fsp3) is 0.154. The number of imidazole rings is 1. The summed E-state index contributed by atoms with van der Waals surface area (Å²) < 4.78 is 40.5. The van der Waals surface area contributed by atoms with Crippen LogP contribution in [0.3, 0.4) is 0 Å². The molecule has 0 aromatic carbocycles. The molecule has 3 rings (SSSR count). The Morgan fingerprint density at radius 1 is 1.18 bits per heavy atom. The second-order valence-electron chi connectivity index (χ2n) is 4.54. The molecule has 0 aliphatic heterocycles. The monoisotopic (exact) mass is 438 g/mol. The fourth-order valence-corrected chi connectivity index (χ4v) is 2.71. The van der Waals surface area contributed by atoms with Crippen molar-refractivity contribution in [2.75, 3.05) is 0 Å². The van der Waals surface area contributed by atoms with Crippen molar-refractivity contribution in [1.29, 1.82) is 0 Å². The van der Waals surface area contributed by atoms with E-state index in [1.54, 1.807) is 17.8 Å². The van der Waals surface area contributed by atoms with Crippen LogP contribution < -0.4 is 0 Å². The first-order chi connectivity index (χ1) is 10.3. The minimum Gasteiger partial charge on any atom is -0.310 e. The van der Waals surface area contributed by atoms with Gasteiger partial charge >= 0.3 is 6.18 Å². The van der Waals surface area contributed by atoms with Crippen LogP contribution in [0.15, 0.2) is 24.5 Å². The number of nitrogens with zero attached hydrogens (tertiary/aromatic N) is 4. The molecule has 0 aliphatic carbocycles. The Kier molecular flexibility index (Phi) is 3.76. The number of aryl methyl sites for hydroxylation is 1. The van der Waals surface area contributed by atoms with E-state index in [0.29, 0.717) is 17.0 Å². The molecule has 0 N–H and O–H groups in total. The molecule has 0 fully saturated rings. The summed E-state index contributed by atoms with van der Waals surface area (Å²) in [6.07, 6.45) is -2.06. The van der Waals surface area contributed by atoms with Crippen molar-refractivity contribution in [3.05, 3.63) is 38.7 Å². The number of rotatable bonds is 1. The van der Waals surface area contributed by atoms with Crippen LogP contribution in [0, 0.1) is 3.57 Å². The van der Waals surface area contributed by atoms with Gasteiger partial charge in [-0.25, -0.2) is 9.97 Å². The zero-order chi connectivity index (χ0) is 16.1. The van der Waals surface area contributed by atoms with E-state index < -0.39 is 11.7 Å². The number of aromatic nitrogens is 4. The van der Waals surface area contributed by atoms with Crippen LogP contribution in [0.2, 0.25) is 5.02 Å². The van der Waals surface area contributed by atoms with Crippen LogP contribution >= 0.6 is 34.2 Å². The molecular weight excluding hydrogens is 432 g/mol. The predicted octanol–water partition coefficient (Wildman–Crippen LogP) is 4.31. The standard InChI is InChI=1S/C13H7ClF3IN4/c1-22-11-9(3-7(18)5-20-11)21-12(22)10-8(14)2-6(4-19-10)13(15,16)17/h2-5H,1H3. The predicted molar refractivity (Wildman–Crippen MR) is 84.5 cm³/mol. The summed E-state index contributed by atoms with van der Waals surface area (Å²) in [5.74, 6) is 0.364. The topological polar surface area (TPSA) is 43.6 Å². The molecule has 3 aromatic heterocycles. The molecule has 0 bridgehead atoms. The van der Waals surface area contributed by atoms with Gasteiger partial charge in [-0.15, -0.1) is 0 Å². The lowest BCUT2D eigenvalue weighted by Crippen LogP contribution is -2.06. The van der Waals surface area contributed by atoms with Crippen LogP contribution in [-0.2, 0) is 13.2 Å². The molecule has 0 saturated carbocycles. The molecule has 0 atom stereocenters. The summed E-state index contributed by atoms with van der Waals surface area (Å²) in [5.41, 5.74) is 0.521. The summed E-state index contributed by atoms with van der Waals surface area (Å²) in [4.78, 5) is 12.4. The Labute approximate surface area is 141 Å². The maximum Gasteiger partial charge on any atom is 0.417 e. The molecule has 0 unspecified atom stereocenters. The van der Waals surface area contributed by atoms with Gasteiger partial charge < -0.3 is 4.57 Å². The first-order valence-electron chi connectivity index (χ1n) is 5.98. The Bertz CT molecular complexity index is 876. The molecule has 4 nitrogen and oxygen atoms in total. The summed E-state index contributed by atoms with van der Waals surface area (Å²) in [6, 6.07) is 2.67. The maximum atomic E-state index is 12.7. The Morgan fingerprint density at radius 3 is 2.55 bits per heavy atom. The molecule has 0 saturated heterocycles. The average Bonchev–Trinajstić information content (AvgIpc) is 2.74. The SMILES string of the molecule is Cn1c(-c2ncc(C(F)(F)F)cc2Cl)nc2cc(I)cnc21. The zero-order valence-corrected chi connectivity index (χ0v) is 13.9. The largest absolute Gasteiger partial charge is 0.417 e. The number of halogens is 5. The molecule has 0 radical (unpaired) electrons. The smallest absolute Gasteiger partial charge is 0.310 e. The molecule has 0 amide bonds. The van der Waals surface area contributed by atoms with Crippen molar-refractivity contribution in [2.24, 2.45) is 7.05 Å². The van der Waals surface area contributed by atoms with Crippen LogP contribution in [0.5, 0.6) is 0 Å². The van der Waals surface area contributed by atoms with E-state index in [1.807, 2.05) is 6.07 Å². The third kappa shape index (κ3) is 2.65. The van der Waals surface area contributed by atoms with Crippen molar-refractivity contribution in [3.63, 3.8) is 0 Å². The van der Waals surface area contributed by atoms with Gasteiger partial charge in [0.2, 0.25) is 0 Å². The lowest BCUT2D eigenvalue weighted by atomic mass is 10.2. The van der Waals surface area contributed by atoms with Gasteiger partial charge in [-0.1, -0.05) is 11.6 Å². The summed E-state index contributed by atoms with van der Waals surface area (Å²) in [7, 11) is 1.71. The van der Waals surface area contributed by atoms with Gasteiger partial charge in [0.1, 0.15) is 11.2 Å². The first-order valence-corrected chi connectivity index (χ1v) is 7.44. The Balaban J connectivity index is 2.17. The lowest BCUT2D eigenvalue weighted by Gasteiger charge is -2.09. The highest BCUT2D eigenvalue weighted by molar-refractivity contribution is 14.1. The summed E-state index contributed by atoms with van der Waals surface area (Å²) in [6.45, 7) is 0. The fourth-order valence-electron chi connectivity index (χ4n) is 2.02. The average molecular weight is 439 g/mol.